The van der Waals surface area contributed by atoms with Gasteiger partial charge in [0, 0.05) is 46.0 Å². The SMILES string of the molecule is CCN1/C(=C/C=C2\CC(C(C)(C)C(=O)OC)CC(/C=C/C3N(CC)c4ccc5cc(OC)ccc5c4C3(C)C)=C2Cl)C(C)(C)c2c1ccc1cc(OC)ccc21. The summed E-state index contributed by atoms with van der Waals surface area (Å²) in [6.07, 6.45) is 10.4. The third kappa shape index (κ3) is 6.29. The predicted octanol–water partition coefficient (Wildman–Crippen LogP) is 11.8. The molecule has 56 heavy (non-hydrogen) atoms. The number of halogens is 1. The summed E-state index contributed by atoms with van der Waals surface area (Å²) in [5.74, 6) is 1.50. The van der Waals surface area contributed by atoms with E-state index in [2.05, 4.69) is 130 Å². The average Bonchev–Trinajstić information content (AvgIpc) is 3.56. The molecule has 7 rings (SSSR count). The molecule has 3 aliphatic rings. The predicted molar refractivity (Wildman–Crippen MR) is 234 cm³/mol. The maximum atomic E-state index is 13.3. The van der Waals surface area contributed by atoms with E-state index >= 15 is 0 Å². The molecular weight excluding hydrogens is 716 g/mol. The number of carbonyl (C=O) groups is 1. The van der Waals surface area contributed by atoms with Crippen LogP contribution in [0.4, 0.5) is 11.4 Å². The molecule has 0 radical (unpaired) electrons. The van der Waals surface area contributed by atoms with Crippen LogP contribution < -0.4 is 19.3 Å². The Bertz CT molecular complexity index is 2350. The van der Waals surface area contributed by atoms with Crippen LogP contribution in [0.2, 0.25) is 0 Å². The highest BCUT2D eigenvalue weighted by atomic mass is 35.5. The van der Waals surface area contributed by atoms with Crippen LogP contribution in [0.5, 0.6) is 11.5 Å². The minimum Gasteiger partial charge on any atom is -0.497 e. The second-order valence-corrected chi connectivity index (χ2v) is 17.6. The van der Waals surface area contributed by atoms with Gasteiger partial charge in [0.15, 0.2) is 0 Å². The zero-order chi connectivity index (χ0) is 40.3. The number of esters is 1. The van der Waals surface area contributed by atoms with E-state index in [9.17, 15) is 4.79 Å². The number of methoxy groups -OCH3 is 3. The fraction of sp³-hybridized carbons (Fsp3) is 0.408. The van der Waals surface area contributed by atoms with Crippen LogP contribution in [0.25, 0.3) is 21.5 Å². The third-order valence-electron chi connectivity index (χ3n) is 13.1. The van der Waals surface area contributed by atoms with Crippen molar-refractivity contribution in [3.63, 3.8) is 0 Å². The van der Waals surface area contributed by atoms with E-state index in [1.54, 1.807) is 14.2 Å². The summed E-state index contributed by atoms with van der Waals surface area (Å²) in [5.41, 5.74) is 7.28. The molecule has 294 valence electrons. The molecule has 0 saturated carbocycles. The Morgan fingerprint density at radius 2 is 1.43 bits per heavy atom. The number of allylic oxidation sites excluding steroid dienone is 7. The molecule has 2 unspecified atom stereocenters. The first-order valence-corrected chi connectivity index (χ1v) is 20.3. The maximum absolute atomic E-state index is 13.3. The number of likely N-dealkylation sites (N-methyl/N-ethyl adjacent to an activating group) is 2. The fourth-order valence-electron chi connectivity index (χ4n) is 9.88. The highest BCUT2D eigenvalue weighted by Crippen LogP contribution is 2.53. The van der Waals surface area contributed by atoms with Gasteiger partial charge < -0.3 is 24.0 Å². The molecule has 0 fully saturated rings. The zero-order valence-corrected chi connectivity index (χ0v) is 35.7. The van der Waals surface area contributed by atoms with Gasteiger partial charge in [0.05, 0.1) is 32.8 Å². The van der Waals surface area contributed by atoms with Gasteiger partial charge in [-0.25, -0.2) is 0 Å². The first kappa shape index (κ1) is 39.6. The minimum absolute atomic E-state index is 0.00766. The van der Waals surface area contributed by atoms with Crippen LogP contribution in [0.15, 0.2) is 107 Å². The Kier molecular flexibility index (Phi) is 10.4. The Labute approximate surface area is 338 Å². The van der Waals surface area contributed by atoms with Gasteiger partial charge in [0.25, 0.3) is 0 Å². The van der Waals surface area contributed by atoms with Gasteiger partial charge in [-0.05, 0) is 133 Å². The number of nitrogens with zero attached hydrogens (tertiary/aromatic N) is 2. The Morgan fingerprint density at radius 1 is 0.821 bits per heavy atom. The summed E-state index contributed by atoms with van der Waals surface area (Å²) >= 11 is 7.49. The highest BCUT2D eigenvalue weighted by molar-refractivity contribution is 6.32. The second kappa shape index (κ2) is 14.7. The summed E-state index contributed by atoms with van der Waals surface area (Å²) < 4.78 is 16.5. The molecule has 0 N–H and O–H groups in total. The number of hydrogen-bond acceptors (Lipinski definition) is 6. The fourth-order valence-corrected chi connectivity index (χ4v) is 10.2. The van der Waals surface area contributed by atoms with Crippen molar-refractivity contribution in [2.75, 3.05) is 44.2 Å². The minimum atomic E-state index is -0.714. The number of rotatable bonds is 9. The van der Waals surface area contributed by atoms with E-state index in [4.69, 9.17) is 25.8 Å². The molecule has 0 saturated heterocycles. The highest BCUT2D eigenvalue weighted by Gasteiger charge is 2.45. The Hall–Kier alpha value is -4.68. The monoisotopic (exact) mass is 772 g/mol. The molecule has 2 aliphatic heterocycles. The zero-order valence-electron chi connectivity index (χ0n) is 35.0. The lowest BCUT2D eigenvalue weighted by Gasteiger charge is -2.36. The van der Waals surface area contributed by atoms with E-state index < -0.39 is 5.41 Å². The molecule has 7 heteroatoms. The number of ether oxygens (including phenoxy) is 3. The molecule has 0 bridgehead atoms. The van der Waals surface area contributed by atoms with Gasteiger partial charge in [0.1, 0.15) is 11.5 Å². The molecule has 0 amide bonds. The molecule has 1 aliphatic carbocycles. The number of benzene rings is 4. The van der Waals surface area contributed by atoms with Gasteiger partial charge in [-0.3, -0.25) is 4.79 Å². The van der Waals surface area contributed by atoms with Crippen LogP contribution in [-0.2, 0) is 20.4 Å². The molecule has 4 aromatic rings. The topological polar surface area (TPSA) is 51.2 Å². The van der Waals surface area contributed by atoms with Crippen molar-refractivity contribution in [2.24, 2.45) is 11.3 Å². The van der Waals surface area contributed by atoms with Crippen molar-refractivity contribution in [2.45, 2.75) is 85.1 Å². The van der Waals surface area contributed by atoms with Gasteiger partial charge in [-0.15, -0.1) is 0 Å². The average molecular weight is 773 g/mol. The van der Waals surface area contributed by atoms with E-state index in [1.165, 1.54) is 51.5 Å². The van der Waals surface area contributed by atoms with E-state index in [-0.39, 0.29) is 28.8 Å². The van der Waals surface area contributed by atoms with Crippen LogP contribution in [0, 0.1) is 11.3 Å². The van der Waals surface area contributed by atoms with E-state index in [0.717, 1.165) is 46.2 Å². The maximum Gasteiger partial charge on any atom is 0.311 e. The van der Waals surface area contributed by atoms with Crippen molar-refractivity contribution in [3.8, 4) is 11.5 Å². The molecular formula is C49H57ClN2O4. The van der Waals surface area contributed by atoms with Crippen molar-refractivity contribution in [1.82, 2.24) is 0 Å². The number of carbonyl (C=O) groups excluding carboxylic acids is 1. The van der Waals surface area contributed by atoms with Crippen LogP contribution in [-0.4, -0.2) is 46.4 Å². The van der Waals surface area contributed by atoms with Crippen LogP contribution in [0.1, 0.15) is 79.4 Å². The van der Waals surface area contributed by atoms with Crippen molar-refractivity contribution < 1.29 is 19.0 Å². The van der Waals surface area contributed by atoms with E-state index in [1.807, 2.05) is 19.9 Å². The van der Waals surface area contributed by atoms with Crippen molar-refractivity contribution in [3.05, 3.63) is 118 Å². The Balaban J connectivity index is 1.31. The quantitative estimate of drug-likeness (QED) is 0.158. The smallest absolute Gasteiger partial charge is 0.311 e. The second-order valence-electron chi connectivity index (χ2n) is 17.2. The van der Waals surface area contributed by atoms with Crippen LogP contribution >= 0.6 is 11.6 Å². The normalized spacial score (nSPS) is 21.8. The molecule has 2 atom stereocenters. The molecule has 4 aromatic carbocycles. The summed E-state index contributed by atoms with van der Waals surface area (Å²) in [6.45, 7) is 19.5. The largest absolute Gasteiger partial charge is 0.497 e. The van der Waals surface area contributed by atoms with Crippen molar-refractivity contribution in [1.29, 1.82) is 0 Å². The van der Waals surface area contributed by atoms with Gasteiger partial charge in [-0.1, -0.05) is 81.8 Å². The number of fused-ring (bicyclic) bond motifs is 6. The van der Waals surface area contributed by atoms with Crippen molar-refractivity contribution >= 4 is 50.5 Å². The lowest BCUT2D eigenvalue weighted by atomic mass is 9.69. The van der Waals surface area contributed by atoms with Crippen LogP contribution in [0.3, 0.4) is 0 Å². The Morgan fingerprint density at radius 3 is 2.00 bits per heavy atom. The summed E-state index contributed by atoms with van der Waals surface area (Å²) in [6, 6.07) is 21.7. The standard InChI is InChI=1S/C49H57ClN2O4/c1-12-51-39-22-14-30-28-35(54-9)18-20-37(30)43(39)48(5,6)41(51)24-16-32-26-34(47(3,4)46(53)56-11)27-33(45(32)50)17-25-42-49(7,8)44-38-21-19-36(55-10)29-31(38)15-23-40(44)52(42)13-2/h14-25,28-29,34,41H,12-13,26-27H2,1-11H3/b24-16+,33-17+,42-25+. The first-order valence-electron chi connectivity index (χ1n) is 20.0. The molecule has 2 heterocycles. The summed E-state index contributed by atoms with van der Waals surface area (Å²) in [5, 5.41) is 5.59. The molecule has 6 nitrogen and oxygen atoms in total. The number of hydrogen-bond donors (Lipinski definition) is 0. The van der Waals surface area contributed by atoms with Gasteiger partial charge in [-0.2, -0.15) is 0 Å². The number of anilines is 2. The third-order valence-corrected chi connectivity index (χ3v) is 13.6. The van der Waals surface area contributed by atoms with E-state index in [0.29, 0.717) is 12.8 Å². The lowest BCUT2D eigenvalue weighted by molar-refractivity contribution is -0.154. The molecule has 0 spiro atoms. The summed E-state index contributed by atoms with van der Waals surface area (Å²) in [7, 11) is 4.91. The van der Waals surface area contributed by atoms with Gasteiger partial charge in [0.2, 0.25) is 0 Å². The first-order chi connectivity index (χ1) is 26.6. The molecule has 0 aromatic heterocycles. The lowest BCUT2D eigenvalue weighted by Crippen LogP contribution is -2.40. The van der Waals surface area contributed by atoms with Gasteiger partial charge >= 0.3 is 5.97 Å². The summed E-state index contributed by atoms with van der Waals surface area (Å²) in [4.78, 5) is 18.2.